The predicted molar refractivity (Wildman–Crippen MR) is 127 cm³/mol. The number of fused-ring (bicyclic) bond motifs is 1. The Balaban J connectivity index is 1.42. The number of halogens is 2. The number of nitrogens with zero attached hydrogens (tertiary/aromatic N) is 7. The average molecular weight is 480 g/mol. The zero-order valence-corrected chi connectivity index (χ0v) is 19.9. The van der Waals surface area contributed by atoms with Crippen molar-refractivity contribution in [1.82, 2.24) is 29.3 Å². The number of aromatic nitrogens is 6. The molecule has 0 amide bonds. The number of imidazole rings is 1. The van der Waals surface area contributed by atoms with Crippen molar-refractivity contribution < 1.29 is 13.5 Å². The number of hydrogen-bond donors (Lipinski definition) is 0. The van der Waals surface area contributed by atoms with Crippen molar-refractivity contribution in [3.05, 3.63) is 53.6 Å². The van der Waals surface area contributed by atoms with E-state index in [0.717, 1.165) is 18.1 Å². The summed E-state index contributed by atoms with van der Waals surface area (Å²) in [6, 6.07) is 4.07. The van der Waals surface area contributed by atoms with Gasteiger partial charge in [-0.3, -0.25) is 4.68 Å². The van der Waals surface area contributed by atoms with E-state index in [9.17, 15) is 8.78 Å². The van der Waals surface area contributed by atoms with Crippen LogP contribution in [0.15, 0.2) is 30.6 Å². The van der Waals surface area contributed by atoms with E-state index in [0.29, 0.717) is 47.7 Å². The first-order chi connectivity index (χ1) is 16.9. The second-order valence-electron chi connectivity index (χ2n) is 9.66. The van der Waals surface area contributed by atoms with Crippen LogP contribution in [0.2, 0.25) is 0 Å². The van der Waals surface area contributed by atoms with Crippen LogP contribution in [0.3, 0.4) is 0 Å². The minimum absolute atomic E-state index is 0.00879. The van der Waals surface area contributed by atoms with Crippen LogP contribution in [0.25, 0.3) is 22.4 Å². The highest BCUT2D eigenvalue weighted by Crippen LogP contribution is 2.40. The molecule has 35 heavy (non-hydrogen) atoms. The molecule has 4 aromatic rings. The van der Waals surface area contributed by atoms with Crippen molar-refractivity contribution in [3.63, 3.8) is 0 Å². The molecule has 2 atom stereocenters. The molecule has 0 spiro atoms. The molecular formula is C25H27F2N7O. The molecule has 1 saturated heterocycles. The first-order valence-corrected chi connectivity index (χ1v) is 11.9. The third kappa shape index (κ3) is 3.95. The Morgan fingerprint density at radius 3 is 2.66 bits per heavy atom. The minimum atomic E-state index is -0.666. The average Bonchev–Trinajstić information content (AvgIpc) is 3.47. The van der Waals surface area contributed by atoms with Crippen molar-refractivity contribution in [2.24, 2.45) is 7.05 Å². The summed E-state index contributed by atoms with van der Waals surface area (Å²) in [4.78, 5) is 16.3. The molecule has 3 aromatic heterocycles. The number of aryl methyl sites for hydroxylation is 1. The Morgan fingerprint density at radius 1 is 1.09 bits per heavy atom. The topological polar surface area (TPSA) is 73.9 Å². The van der Waals surface area contributed by atoms with Crippen molar-refractivity contribution in [2.75, 3.05) is 25.6 Å². The summed E-state index contributed by atoms with van der Waals surface area (Å²) in [6.45, 7) is 0.566. The molecule has 0 unspecified atom stereocenters. The first-order valence-electron chi connectivity index (χ1n) is 11.9. The van der Waals surface area contributed by atoms with Crippen LogP contribution in [0.5, 0.6) is 0 Å². The highest BCUT2D eigenvalue weighted by atomic mass is 19.1. The fraction of sp³-hybridized carbons (Fsp3) is 0.440. The standard InChI is InChI=1S/C25H27F2N7O/c1-32(2)25-31-24-22(33(25)3)21(18-7-4-16(26)11-19(18)27)29-23(30-24)14-8-9-35-20(10-14)15-12-28-34(13-15)17-5-6-17/h4,7,11-14,17,20H,5-6,8-10H2,1-3H3/t14-,20-/m0/s1. The first kappa shape index (κ1) is 22.1. The lowest BCUT2D eigenvalue weighted by Gasteiger charge is -2.28. The molecule has 1 aromatic carbocycles. The van der Waals surface area contributed by atoms with Gasteiger partial charge in [0.15, 0.2) is 5.65 Å². The van der Waals surface area contributed by atoms with Crippen LogP contribution in [0.1, 0.15) is 55.1 Å². The number of anilines is 1. The van der Waals surface area contributed by atoms with Crippen LogP contribution >= 0.6 is 0 Å². The summed E-state index contributed by atoms with van der Waals surface area (Å²) in [6.07, 6.45) is 7.65. The Bertz CT molecular complexity index is 1410. The Kier molecular flexibility index (Phi) is 5.28. The van der Waals surface area contributed by atoms with E-state index in [2.05, 4.69) is 11.3 Å². The zero-order valence-electron chi connectivity index (χ0n) is 19.9. The van der Waals surface area contributed by atoms with Crippen molar-refractivity contribution in [3.8, 4) is 11.3 Å². The van der Waals surface area contributed by atoms with Crippen LogP contribution in [-0.4, -0.2) is 50.0 Å². The Hall–Kier alpha value is -3.40. The van der Waals surface area contributed by atoms with Crippen molar-refractivity contribution in [1.29, 1.82) is 0 Å². The largest absolute Gasteiger partial charge is 0.373 e. The van der Waals surface area contributed by atoms with Gasteiger partial charge in [-0.1, -0.05) is 0 Å². The van der Waals surface area contributed by atoms with E-state index < -0.39 is 11.6 Å². The summed E-state index contributed by atoms with van der Waals surface area (Å²) < 4.78 is 38.5. The fourth-order valence-electron chi connectivity index (χ4n) is 4.89. The highest BCUT2D eigenvalue weighted by molar-refractivity contribution is 5.89. The molecule has 2 fully saturated rings. The van der Waals surface area contributed by atoms with Gasteiger partial charge >= 0.3 is 0 Å². The lowest BCUT2D eigenvalue weighted by atomic mass is 9.92. The second-order valence-corrected chi connectivity index (χ2v) is 9.66. The Morgan fingerprint density at radius 2 is 1.91 bits per heavy atom. The number of hydrogen-bond acceptors (Lipinski definition) is 6. The maximum atomic E-state index is 14.9. The van der Waals surface area contributed by atoms with Crippen LogP contribution < -0.4 is 4.90 Å². The van der Waals surface area contributed by atoms with E-state index >= 15 is 0 Å². The molecule has 1 saturated carbocycles. The smallest absolute Gasteiger partial charge is 0.207 e. The summed E-state index contributed by atoms with van der Waals surface area (Å²) in [5.41, 5.74) is 2.79. The van der Waals surface area contributed by atoms with Gasteiger partial charge < -0.3 is 14.2 Å². The van der Waals surface area contributed by atoms with Gasteiger partial charge in [-0.15, -0.1) is 0 Å². The second kappa shape index (κ2) is 8.37. The third-order valence-corrected chi connectivity index (χ3v) is 6.87. The lowest BCUT2D eigenvalue weighted by molar-refractivity contribution is 0.00396. The summed E-state index contributed by atoms with van der Waals surface area (Å²) >= 11 is 0. The molecule has 1 aliphatic heterocycles. The Labute approximate surface area is 201 Å². The normalized spacial score (nSPS) is 20.5. The van der Waals surface area contributed by atoms with Gasteiger partial charge in [0.05, 0.1) is 18.3 Å². The monoisotopic (exact) mass is 479 g/mol. The molecule has 10 heteroatoms. The summed E-state index contributed by atoms with van der Waals surface area (Å²) in [7, 11) is 5.62. The zero-order chi connectivity index (χ0) is 24.3. The minimum Gasteiger partial charge on any atom is -0.373 e. The number of rotatable bonds is 5. The van der Waals surface area contributed by atoms with Crippen molar-refractivity contribution in [2.45, 2.75) is 43.7 Å². The highest BCUT2D eigenvalue weighted by Gasteiger charge is 2.31. The van der Waals surface area contributed by atoms with E-state index in [4.69, 9.17) is 19.7 Å². The van der Waals surface area contributed by atoms with Gasteiger partial charge in [0, 0.05) is 57.1 Å². The third-order valence-electron chi connectivity index (χ3n) is 6.87. The quantitative estimate of drug-likeness (QED) is 0.418. The van der Waals surface area contributed by atoms with Gasteiger partial charge in [0.25, 0.3) is 0 Å². The van der Waals surface area contributed by atoms with Gasteiger partial charge in [-0.25, -0.2) is 18.7 Å². The van der Waals surface area contributed by atoms with E-state index in [1.807, 2.05) is 41.5 Å². The molecule has 0 radical (unpaired) electrons. The molecule has 6 rings (SSSR count). The fourth-order valence-corrected chi connectivity index (χ4v) is 4.89. The number of benzene rings is 1. The molecule has 4 heterocycles. The molecule has 182 valence electrons. The number of ether oxygens (including phenoxy) is 1. The van der Waals surface area contributed by atoms with Crippen LogP contribution in [-0.2, 0) is 11.8 Å². The van der Waals surface area contributed by atoms with Crippen LogP contribution in [0, 0.1) is 11.6 Å². The molecule has 0 bridgehead atoms. The maximum absolute atomic E-state index is 14.9. The lowest BCUT2D eigenvalue weighted by Crippen LogP contribution is -2.20. The van der Waals surface area contributed by atoms with Gasteiger partial charge in [-0.05, 0) is 37.8 Å². The van der Waals surface area contributed by atoms with Gasteiger partial charge in [0.2, 0.25) is 5.95 Å². The SMILES string of the molecule is CN(C)c1nc2nc([C@H]3CCO[C@H](c4cnn(C5CC5)c4)C3)nc(-c3ccc(F)cc3F)c2n1C. The van der Waals surface area contributed by atoms with Gasteiger partial charge in [-0.2, -0.15) is 10.1 Å². The summed E-state index contributed by atoms with van der Waals surface area (Å²) in [5, 5.41) is 4.51. The predicted octanol–water partition coefficient (Wildman–Crippen LogP) is 4.54. The van der Waals surface area contributed by atoms with E-state index in [1.165, 1.54) is 25.0 Å². The molecule has 8 nitrogen and oxygen atoms in total. The summed E-state index contributed by atoms with van der Waals surface area (Å²) in [5.74, 6) is -0.0137. The maximum Gasteiger partial charge on any atom is 0.207 e. The van der Waals surface area contributed by atoms with E-state index in [-0.39, 0.29) is 17.6 Å². The van der Waals surface area contributed by atoms with Crippen LogP contribution in [0.4, 0.5) is 14.7 Å². The van der Waals surface area contributed by atoms with E-state index in [1.54, 1.807) is 0 Å². The molecule has 0 N–H and O–H groups in total. The molecular weight excluding hydrogens is 452 g/mol. The molecule has 1 aliphatic carbocycles. The van der Waals surface area contributed by atoms with Gasteiger partial charge in [0.1, 0.15) is 28.7 Å². The van der Waals surface area contributed by atoms with Crippen molar-refractivity contribution >= 4 is 17.1 Å². The molecule has 2 aliphatic rings.